The highest BCUT2D eigenvalue weighted by Gasteiger charge is 2.39. The van der Waals surface area contributed by atoms with Crippen LogP contribution in [0.15, 0.2) is 53.6 Å². The number of aliphatic imine (C=N–C) groups is 1. The van der Waals surface area contributed by atoms with Crippen LogP contribution in [0, 0.1) is 5.92 Å². The van der Waals surface area contributed by atoms with Crippen LogP contribution in [-0.4, -0.2) is 43.1 Å². The second-order valence-electron chi connectivity index (χ2n) is 18.1. The number of benzene rings is 1. The third-order valence-electron chi connectivity index (χ3n) is 11.3. The smallest absolute Gasteiger partial charge is 0.352 e. The number of amides is 1. The van der Waals surface area contributed by atoms with Crippen molar-refractivity contribution < 1.29 is 37.3 Å². The summed E-state index contributed by atoms with van der Waals surface area (Å²) in [5, 5.41) is 2.95. The maximum atomic E-state index is 13.6. The van der Waals surface area contributed by atoms with E-state index >= 15 is 0 Å². The molecule has 10 nitrogen and oxygen atoms in total. The van der Waals surface area contributed by atoms with Gasteiger partial charge >= 0.3 is 25.7 Å². The summed E-state index contributed by atoms with van der Waals surface area (Å²) in [4.78, 5) is 55.2. The van der Waals surface area contributed by atoms with Gasteiger partial charge < -0.3 is 18.9 Å². The average molecular weight is 927 g/mol. The molecule has 0 spiro atoms. The van der Waals surface area contributed by atoms with E-state index in [4.69, 9.17) is 13.6 Å². The van der Waals surface area contributed by atoms with Crippen molar-refractivity contribution in [3.8, 4) is 0 Å². The minimum Gasteiger partial charge on any atom is -0.352 e. The van der Waals surface area contributed by atoms with Crippen molar-refractivity contribution in [3.05, 3.63) is 59.7 Å². The molecule has 0 unspecified atom stereocenters. The molecule has 0 radical (unpaired) electrons. The molecule has 1 amide bonds. The molecule has 1 rings (SSSR count). The van der Waals surface area contributed by atoms with Gasteiger partial charge in [-0.15, -0.1) is 0 Å². The molecule has 11 heteroatoms. The van der Waals surface area contributed by atoms with Crippen LogP contribution in [0.4, 0.5) is 0 Å². The fourth-order valence-electron chi connectivity index (χ4n) is 7.28. The van der Waals surface area contributed by atoms with Gasteiger partial charge in [-0.2, -0.15) is 4.57 Å². The molecule has 0 aliphatic heterocycles. The molecule has 0 fully saturated rings. The summed E-state index contributed by atoms with van der Waals surface area (Å²) in [6, 6.07) is 6.95. The molecular formula is C54H91N2O8P. The minimum atomic E-state index is -4.86. The van der Waals surface area contributed by atoms with Crippen LogP contribution in [0.2, 0.25) is 0 Å². The Bertz CT molecular complexity index is 1450. The van der Waals surface area contributed by atoms with Crippen LogP contribution < -0.4 is 5.32 Å². The van der Waals surface area contributed by atoms with Crippen molar-refractivity contribution in [1.29, 1.82) is 0 Å². The number of unbranched alkanes of at least 4 members (excludes halogenated alkanes) is 23. The maximum absolute atomic E-state index is 13.6. The average Bonchev–Trinajstić information content (AvgIpc) is 3.27. The predicted octanol–water partition coefficient (Wildman–Crippen LogP) is 15.9. The first-order valence-electron chi connectivity index (χ1n) is 26.0. The van der Waals surface area contributed by atoms with E-state index in [1.807, 2.05) is 0 Å². The Kier molecular flexibility index (Phi) is 38.3. The number of carbonyl (C=O) groups excluding carboxylic acids is 4. The summed E-state index contributed by atoms with van der Waals surface area (Å²) in [7, 11) is -4.86. The Labute approximate surface area is 396 Å². The van der Waals surface area contributed by atoms with Crippen molar-refractivity contribution in [2.24, 2.45) is 10.9 Å². The number of phosphoric ester groups is 1. The predicted molar refractivity (Wildman–Crippen MR) is 269 cm³/mol. The third-order valence-corrected chi connectivity index (χ3v) is 12.6. The quantitative estimate of drug-likeness (QED) is 0.0296. The number of nitrogens with one attached hydrogen (secondary N) is 1. The maximum Gasteiger partial charge on any atom is 0.653 e. The first kappa shape index (κ1) is 59.5. The van der Waals surface area contributed by atoms with Crippen LogP contribution in [0.5, 0.6) is 0 Å². The van der Waals surface area contributed by atoms with E-state index in [9.17, 15) is 23.7 Å². The fourth-order valence-corrected chi connectivity index (χ4v) is 8.41. The molecule has 65 heavy (non-hydrogen) atoms. The van der Waals surface area contributed by atoms with Gasteiger partial charge in [0.15, 0.2) is 0 Å². The fraction of sp³-hybridized carbons (Fsp3) is 0.722. The SMILES string of the molecule is CCCCCCCCC=CCCCCCCCC(=O)OP(=O)(OC(=O)CCCCCCCC=CCCCCCCCC)OC(=O)CCN=Cc1ccc(C(=O)NCCCCC(C)C)cc1. The summed E-state index contributed by atoms with van der Waals surface area (Å²) in [6.45, 7) is 9.48. The molecule has 0 aliphatic rings. The first-order valence-corrected chi connectivity index (χ1v) is 27.5. The minimum absolute atomic E-state index is 0.0107. The lowest BCUT2D eigenvalue weighted by Crippen LogP contribution is -2.24. The van der Waals surface area contributed by atoms with E-state index < -0.39 is 25.7 Å². The highest BCUT2D eigenvalue weighted by Crippen LogP contribution is 2.51. The van der Waals surface area contributed by atoms with Crippen molar-refractivity contribution in [1.82, 2.24) is 5.32 Å². The zero-order valence-corrected chi connectivity index (χ0v) is 42.4. The zero-order chi connectivity index (χ0) is 47.5. The van der Waals surface area contributed by atoms with E-state index in [1.165, 1.54) is 77.0 Å². The van der Waals surface area contributed by atoms with Gasteiger partial charge in [0.1, 0.15) is 0 Å². The zero-order valence-electron chi connectivity index (χ0n) is 41.5. The van der Waals surface area contributed by atoms with Crippen LogP contribution in [0.1, 0.15) is 249 Å². The Morgan fingerprint density at radius 3 is 1.37 bits per heavy atom. The normalized spacial score (nSPS) is 12.6. The van der Waals surface area contributed by atoms with E-state index in [0.29, 0.717) is 30.9 Å². The van der Waals surface area contributed by atoms with Crippen LogP contribution in [0.3, 0.4) is 0 Å². The third kappa shape index (κ3) is 37.3. The van der Waals surface area contributed by atoms with Crippen molar-refractivity contribution >= 4 is 37.9 Å². The molecule has 1 aromatic carbocycles. The van der Waals surface area contributed by atoms with Gasteiger partial charge in [-0.1, -0.05) is 180 Å². The van der Waals surface area contributed by atoms with Crippen molar-refractivity contribution in [3.63, 3.8) is 0 Å². The van der Waals surface area contributed by atoms with Crippen LogP contribution in [-0.2, 0) is 32.5 Å². The molecule has 0 aromatic heterocycles. The summed E-state index contributed by atoms with van der Waals surface area (Å²) < 4.78 is 29.0. The van der Waals surface area contributed by atoms with Gasteiger partial charge in [-0.3, -0.25) is 24.2 Å². The number of hydrogen-bond acceptors (Lipinski definition) is 9. The lowest BCUT2D eigenvalue weighted by molar-refractivity contribution is -0.144. The topological polar surface area (TPSA) is 137 Å². The second-order valence-corrected chi connectivity index (χ2v) is 19.5. The summed E-state index contributed by atoms with van der Waals surface area (Å²) in [5.74, 6) is -2.13. The van der Waals surface area contributed by atoms with Gasteiger partial charge in [0.2, 0.25) is 0 Å². The Hall–Kier alpha value is -3.52. The molecule has 0 bridgehead atoms. The molecular weight excluding hydrogens is 836 g/mol. The lowest BCUT2D eigenvalue weighted by Gasteiger charge is -2.16. The van der Waals surface area contributed by atoms with E-state index in [2.05, 4.69) is 62.3 Å². The standard InChI is InChI=1S/C54H91N2O8P/c1-5-7-9-11-13-15-17-19-21-23-25-27-29-31-33-38-51(57)62-65(61,63-52(58)39-34-32-30-28-26-24-22-20-18-16-14-12-10-8-6-2)64-53(59)44-46-55-47-49-40-42-50(43-41-49)54(60)56-45-36-35-37-48(3)4/h19-22,40-43,47-48H,5-18,23-39,44-46H2,1-4H3,(H,56,60). The van der Waals surface area contributed by atoms with Gasteiger partial charge in [0, 0.05) is 37.7 Å². The van der Waals surface area contributed by atoms with Gasteiger partial charge in [0.05, 0.1) is 6.42 Å². The van der Waals surface area contributed by atoms with E-state index in [-0.39, 0.29) is 31.7 Å². The summed E-state index contributed by atoms with van der Waals surface area (Å²) in [5.41, 5.74) is 1.27. The summed E-state index contributed by atoms with van der Waals surface area (Å²) >= 11 is 0. The van der Waals surface area contributed by atoms with E-state index in [1.54, 1.807) is 30.5 Å². The number of carbonyl (C=O) groups is 4. The molecule has 0 saturated heterocycles. The Morgan fingerprint density at radius 1 is 0.538 bits per heavy atom. The van der Waals surface area contributed by atoms with Crippen LogP contribution in [0.25, 0.3) is 0 Å². The number of nitrogens with zero attached hydrogens (tertiary/aromatic N) is 1. The van der Waals surface area contributed by atoms with Gasteiger partial charge in [-0.25, -0.2) is 0 Å². The molecule has 0 saturated carbocycles. The van der Waals surface area contributed by atoms with Gasteiger partial charge in [-0.05, 0) is 94.2 Å². The number of rotatable bonds is 43. The number of hydrogen-bond donors (Lipinski definition) is 1. The molecule has 1 N–H and O–H groups in total. The largest absolute Gasteiger partial charge is 0.653 e. The molecule has 370 valence electrons. The lowest BCUT2D eigenvalue weighted by atomic mass is 10.1. The molecule has 1 aromatic rings. The molecule has 0 aliphatic carbocycles. The number of phosphoric acid groups is 1. The molecule has 0 atom stereocenters. The Morgan fingerprint density at radius 2 is 0.938 bits per heavy atom. The Balaban J connectivity index is 2.55. The van der Waals surface area contributed by atoms with Gasteiger partial charge in [0.25, 0.3) is 5.91 Å². The highest BCUT2D eigenvalue weighted by atomic mass is 31.2. The van der Waals surface area contributed by atoms with Crippen molar-refractivity contribution in [2.75, 3.05) is 13.1 Å². The number of allylic oxidation sites excluding steroid dienone is 4. The van der Waals surface area contributed by atoms with Crippen LogP contribution >= 0.6 is 7.82 Å². The monoisotopic (exact) mass is 927 g/mol. The molecule has 0 heterocycles. The highest BCUT2D eigenvalue weighted by molar-refractivity contribution is 7.50. The van der Waals surface area contributed by atoms with E-state index in [0.717, 1.165) is 102 Å². The van der Waals surface area contributed by atoms with Crippen molar-refractivity contribution in [2.45, 2.75) is 233 Å². The first-order chi connectivity index (χ1) is 31.6. The second kappa shape index (κ2) is 41.9. The summed E-state index contributed by atoms with van der Waals surface area (Å²) in [6.07, 6.45) is 42.3.